The molecule has 4 heterocycles. The molecule has 3 aromatic heterocycles. The normalized spacial score (nSPS) is 16.7. The Balaban J connectivity index is 1.20. The van der Waals surface area contributed by atoms with Gasteiger partial charge in [0.1, 0.15) is 30.8 Å². The van der Waals surface area contributed by atoms with Gasteiger partial charge in [-0.25, -0.2) is 19.9 Å². The Labute approximate surface area is 172 Å². The minimum absolute atomic E-state index is 0.0229. The van der Waals surface area contributed by atoms with Crippen molar-refractivity contribution in [1.29, 1.82) is 0 Å². The number of hydrogen-bond donors (Lipinski definition) is 0. The zero-order valence-corrected chi connectivity index (χ0v) is 16.5. The molecule has 0 radical (unpaired) electrons. The molecule has 0 aromatic carbocycles. The number of piperazine rings is 1. The molecule has 2 aliphatic rings. The van der Waals surface area contributed by atoms with Crippen molar-refractivity contribution in [3.05, 3.63) is 59.6 Å². The van der Waals surface area contributed by atoms with Gasteiger partial charge in [0.05, 0.1) is 12.0 Å². The van der Waals surface area contributed by atoms with Crippen molar-refractivity contribution >= 4 is 11.7 Å². The zero-order chi connectivity index (χ0) is 20.5. The second-order valence-electron chi connectivity index (χ2n) is 7.63. The highest BCUT2D eigenvalue weighted by molar-refractivity contribution is 5.76. The summed E-state index contributed by atoms with van der Waals surface area (Å²) in [6, 6.07) is 3.47. The van der Waals surface area contributed by atoms with Crippen molar-refractivity contribution in [3.63, 3.8) is 0 Å². The number of carbonyl (C=O) groups is 1. The Morgan fingerprint density at radius 3 is 2.50 bits per heavy atom. The third kappa shape index (κ3) is 3.80. The Hall–Kier alpha value is -3.56. The predicted octanol–water partition coefficient (Wildman–Crippen LogP) is 0.445. The smallest absolute Gasteiger partial charge is 0.254 e. The first-order valence-corrected chi connectivity index (χ1v) is 10.1. The van der Waals surface area contributed by atoms with E-state index in [9.17, 15) is 9.59 Å². The number of rotatable bonds is 5. The van der Waals surface area contributed by atoms with Crippen LogP contribution in [0.3, 0.4) is 0 Å². The fourth-order valence-electron chi connectivity index (χ4n) is 3.64. The number of hydrogen-bond acceptors (Lipinski definition) is 7. The number of amides is 1. The molecule has 154 valence electrons. The van der Waals surface area contributed by atoms with Gasteiger partial charge in [-0.3, -0.25) is 18.7 Å². The van der Waals surface area contributed by atoms with E-state index in [2.05, 4.69) is 24.8 Å². The molecule has 0 N–H and O–H groups in total. The average molecular weight is 406 g/mol. The van der Waals surface area contributed by atoms with Crippen LogP contribution in [0.4, 0.5) is 5.82 Å². The third-order valence-electron chi connectivity index (χ3n) is 5.57. The fourth-order valence-corrected chi connectivity index (χ4v) is 3.64. The molecule has 1 aliphatic carbocycles. The maximum absolute atomic E-state index is 12.7. The van der Waals surface area contributed by atoms with Gasteiger partial charge in [0, 0.05) is 56.6 Å². The van der Waals surface area contributed by atoms with E-state index >= 15 is 0 Å². The van der Waals surface area contributed by atoms with Gasteiger partial charge in [0.25, 0.3) is 5.56 Å². The van der Waals surface area contributed by atoms with Crippen LogP contribution in [0.5, 0.6) is 0 Å². The average Bonchev–Trinajstić information content (AvgIpc) is 3.49. The van der Waals surface area contributed by atoms with Crippen LogP contribution in [0, 0.1) is 0 Å². The maximum atomic E-state index is 12.7. The van der Waals surface area contributed by atoms with Crippen LogP contribution in [0.1, 0.15) is 24.5 Å². The van der Waals surface area contributed by atoms with Crippen LogP contribution < -0.4 is 10.5 Å². The lowest BCUT2D eigenvalue weighted by atomic mass is 10.3. The van der Waals surface area contributed by atoms with Crippen LogP contribution in [0.2, 0.25) is 0 Å². The van der Waals surface area contributed by atoms with Gasteiger partial charge < -0.3 is 9.80 Å². The minimum Gasteiger partial charge on any atom is -0.353 e. The number of aromatic nitrogens is 6. The first kappa shape index (κ1) is 18.5. The molecule has 10 heteroatoms. The lowest BCUT2D eigenvalue weighted by Crippen LogP contribution is -2.50. The second-order valence-corrected chi connectivity index (χ2v) is 7.63. The van der Waals surface area contributed by atoms with Crippen LogP contribution in [0.15, 0.2) is 48.3 Å². The number of nitrogens with zero attached hydrogens (tertiary/aromatic N) is 8. The van der Waals surface area contributed by atoms with E-state index in [0.717, 1.165) is 30.2 Å². The molecule has 30 heavy (non-hydrogen) atoms. The van der Waals surface area contributed by atoms with E-state index in [1.807, 2.05) is 16.8 Å². The fraction of sp³-hybridized carbons (Fsp3) is 0.400. The van der Waals surface area contributed by atoms with E-state index in [0.29, 0.717) is 32.1 Å². The second kappa shape index (κ2) is 7.69. The van der Waals surface area contributed by atoms with E-state index < -0.39 is 0 Å². The molecule has 1 saturated carbocycles. The summed E-state index contributed by atoms with van der Waals surface area (Å²) >= 11 is 0. The Morgan fingerprint density at radius 2 is 1.80 bits per heavy atom. The van der Waals surface area contributed by atoms with Gasteiger partial charge in [-0.05, 0) is 12.8 Å². The zero-order valence-electron chi connectivity index (χ0n) is 16.5. The van der Waals surface area contributed by atoms with Crippen molar-refractivity contribution in [2.24, 2.45) is 0 Å². The van der Waals surface area contributed by atoms with Crippen molar-refractivity contribution < 1.29 is 4.79 Å². The highest BCUT2D eigenvalue weighted by Crippen LogP contribution is 2.38. The molecule has 0 unspecified atom stereocenters. The Morgan fingerprint density at radius 1 is 1.00 bits per heavy atom. The molecule has 3 aromatic rings. The number of carbonyl (C=O) groups excluding carboxylic acids is 1. The molecule has 0 spiro atoms. The summed E-state index contributed by atoms with van der Waals surface area (Å²) < 4.78 is 3.22. The van der Waals surface area contributed by atoms with E-state index in [1.54, 1.807) is 23.5 Å². The molecular weight excluding hydrogens is 384 g/mol. The standard InChI is InChI=1S/C20H22N8O2/c29-19-9-16(15-1-2-15)24-14-28(19)11-20(30)26-7-5-25(6-8-26)17-10-18(23-12-22-17)27-4-3-21-13-27/h3-4,9-10,12-15H,1-2,5-8,11H2. The van der Waals surface area contributed by atoms with Crippen molar-refractivity contribution in [1.82, 2.24) is 34.0 Å². The van der Waals surface area contributed by atoms with Crippen molar-refractivity contribution in [2.75, 3.05) is 31.1 Å². The van der Waals surface area contributed by atoms with Crippen LogP contribution in [-0.4, -0.2) is 66.1 Å². The molecule has 1 saturated heterocycles. The summed E-state index contributed by atoms with van der Waals surface area (Å²) in [4.78, 5) is 45.9. The third-order valence-corrected chi connectivity index (χ3v) is 5.57. The van der Waals surface area contributed by atoms with Gasteiger partial charge in [-0.1, -0.05) is 0 Å². The lowest BCUT2D eigenvalue weighted by molar-refractivity contribution is -0.132. The molecular formula is C20H22N8O2. The first-order valence-electron chi connectivity index (χ1n) is 10.1. The first-order chi connectivity index (χ1) is 14.7. The van der Waals surface area contributed by atoms with Gasteiger partial charge in [-0.15, -0.1) is 0 Å². The quantitative estimate of drug-likeness (QED) is 0.606. The van der Waals surface area contributed by atoms with Gasteiger partial charge in [-0.2, -0.15) is 0 Å². The van der Waals surface area contributed by atoms with Gasteiger partial charge >= 0.3 is 0 Å². The SMILES string of the molecule is O=C(Cn1cnc(C2CC2)cc1=O)N1CCN(c2cc(-n3ccnc3)ncn2)CC1. The van der Waals surface area contributed by atoms with Crippen molar-refractivity contribution in [3.8, 4) is 5.82 Å². The van der Waals surface area contributed by atoms with Crippen LogP contribution >= 0.6 is 0 Å². The Bertz CT molecular complexity index is 1100. The number of anilines is 1. The van der Waals surface area contributed by atoms with Gasteiger partial charge in [0.15, 0.2) is 0 Å². The number of imidazole rings is 1. The predicted molar refractivity (Wildman–Crippen MR) is 108 cm³/mol. The molecule has 2 fully saturated rings. The molecule has 10 nitrogen and oxygen atoms in total. The molecule has 1 amide bonds. The van der Waals surface area contributed by atoms with E-state index in [4.69, 9.17) is 0 Å². The minimum atomic E-state index is -0.160. The van der Waals surface area contributed by atoms with Crippen LogP contribution in [0.25, 0.3) is 5.82 Å². The summed E-state index contributed by atoms with van der Waals surface area (Å²) in [6.45, 7) is 2.51. The molecule has 1 aliphatic heterocycles. The lowest BCUT2D eigenvalue weighted by Gasteiger charge is -2.35. The molecule has 0 bridgehead atoms. The summed E-state index contributed by atoms with van der Waals surface area (Å²) in [6.07, 6.45) is 10.4. The molecule has 0 atom stereocenters. The highest BCUT2D eigenvalue weighted by Gasteiger charge is 2.26. The Kier molecular flexibility index (Phi) is 4.74. The summed E-state index contributed by atoms with van der Waals surface area (Å²) in [5.41, 5.74) is 0.684. The van der Waals surface area contributed by atoms with E-state index in [1.165, 1.54) is 17.2 Å². The summed E-state index contributed by atoms with van der Waals surface area (Å²) in [7, 11) is 0. The van der Waals surface area contributed by atoms with Crippen molar-refractivity contribution in [2.45, 2.75) is 25.3 Å². The topological polar surface area (TPSA) is 102 Å². The highest BCUT2D eigenvalue weighted by atomic mass is 16.2. The summed E-state index contributed by atoms with van der Waals surface area (Å²) in [5, 5.41) is 0. The summed E-state index contributed by atoms with van der Waals surface area (Å²) in [5.74, 6) is 1.92. The maximum Gasteiger partial charge on any atom is 0.254 e. The van der Waals surface area contributed by atoms with Gasteiger partial charge in [0.2, 0.25) is 5.91 Å². The molecule has 5 rings (SSSR count). The monoisotopic (exact) mass is 406 g/mol. The van der Waals surface area contributed by atoms with Crippen LogP contribution in [-0.2, 0) is 11.3 Å². The van der Waals surface area contributed by atoms with E-state index in [-0.39, 0.29) is 18.0 Å². The largest absolute Gasteiger partial charge is 0.353 e.